The number of rotatable bonds is 6. The van der Waals surface area contributed by atoms with Crippen LogP contribution in [0.3, 0.4) is 0 Å². The van der Waals surface area contributed by atoms with E-state index in [2.05, 4.69) is 40.4 Å². The molecule has 1 aromatic carbocycles. The molecule has 0 fully saturated rings. The Kier molecular flexibility index (Phi) is 6.66. The van der Waals surface area contributed by atoms with E-state index in [0.717, 1.165) is 23.0 Å². The van der Waals surface area contributed by atoms with E-state index in [9.17, 15) is 4.79 Å². The molecule has 0 aliphatic rings. The summed E-state index contributed by atoms with van der Waals surface area (Å²) in [6.45, 7) is 5.98. The molecule has 19 heavy (non-hydrogen) atoms. The summed E-state index contributed by atoms with van der Waals surface area (Å²) in [5.41, 5.74) is 0.819. The van der Waals surface area contributed by atoms with E-state index in [1.807, 2.05) is 19.1 Å². The molecule has 0 saturated heterocycles. The Balaban J connectivity index is 2.66. The SMILES string of the molecule is CCC(CC)NC(=O)C(C)Nc1cccc(Cl)c1Br. The van der Waals surface area contributed by atoms with Crippen LogP contribution in [0.5, 0.6) is 0 Å². The van der Waals surface area contributed by atoms with Crippen LogP contribution in [0.2, 0.25) is 5.02 Å². The molecule has 0 spiro atoms. The molecule has 0 bridgehead atoms. The molecule has 0 radical (unpaired) electrons. The van der Waals surface area contributed by atoms with Gasteiger partial charge in [-0.05, 0) is 47.8 Å². The van der Waals surface area contributed by atoms with Crippen molar-refractivity contribution in [3.63, 3.8) is 0 Å². The van der Waals surface area contributed by atoms with Crippen LogP contribution in [0, 0.1) is 0 Å². The van der Waals surface area contributed by atoms with Crippen molar-refractivity contribution in [2.75, 3.05) is 5.32 Å². The Morgan fingerprint density at radius 1 is 1.37 bits per heavy atom. The van der Waals surface area contributed by atoms with Crippen LogP contribution < -0.4 is 10.6 Å². The molecule has 0 saturated carbocycles. The highest BCUT2D eigenvalue weighted by atomic mass is 79.9. The topological polar surface area (TPSA) is 41.1 Å². The zero-order valence-electron chi connectivity index (χ0n) is 11.5. The fourth-order valence-electron chi connectivity index (χ4n) is 1.73. The van der Waals surface area contributed by atoms with E-state index >= 15 is 0 Å². The minimum absolute atomic E-state index is 0.000533. The molecule has 5 heteroatoms. The van der Waals surface area contributed by atoms with Gasteiger partial charge in [0.15, 0.2) is 0 Å². The second-order valence-electron chi connectivity index (χ2n) is 4.49. The predicted molar refractivity (Wildman–Crippen MR) is 84.7 cm³/mol. The molecule has 2 N–H and O–H groups in total. The smallest absolute Gasteiger partial charge is 0.242 e. The van der Waals surface area contributed by atoms with Crippen molar-refractivity contribution in [2.45, 2.75) is 45.7 Å². The number of halogens is 2. The molecule has 0 aliphatic carbocycles. The van der Waals surface area contributed by atoms with Crippen molar-refractivity contribution >= 4 is 39.1 Å². The normalized spacial score (nSPS) is 12.3. The van der Waals surface area contributed by atoms with Gasteiger partial charge in [-0.3, -0.25) is 4.79 Å². The van der Waals surface area contributed by atoms with Gasteiger partial charge < -0.3 is 10.6 Å². The van der Waals surface area contributed by atoms with Crippen LogP contribution in [-0.4, -0.2) is 18.0 Å². The number of benzene rings is 1. The van der Waals surface area contributed by atoms with E-state index in [0.29, 0.717) is 5.02 Å². The van der Waals surface area contributed by atoms with Gasteiger partial charge in [0, 0.05) is 6.04 Å². The van der Waals surface area contributed by atoms with Gasteiger partial charge in [-0.15, -0.1) is 0 Å². The molecule has 3 nitrogen and oxygen atoms in total. The fourth-order valence-corrected chi connectivity index (χ4v) is 2.29. The molecular formula is C14H20BrClN2O. The van der Waals surface area contributed by atoms with Gasteiger partial charge in [-0.25, -0.2) is 0 Å². The first-order chi connectivity index (χ1) is 8.99. The zero-order chi connectivity index (χ0) is 14.4. The Morgan fingerprint density at radius 3 is 2.58 bits per heavy atom. The first-order valence-corrected chi connectivity index (χ1v) is 7.67. The number of anilines is 1. The van der Waals surface area contributed by atoms with Crippen LogP contribution in [0.25, 0.3) is 0 Å². The molecule has 0 aromatic heterocycles. The molecule has 1 unspecified atom stereocenters. The van der Waals surface area contributed by atoms with E-state index < -0.39 is 0 Å². The molecule has 0 aliphatic heterocycles. The zero-order valence-corrected chi connectivity index (χ0v) is 13.8. The van der Waals surface area contributed by atoms with Gasteiger partial charge in [0.25, 0.3) is 0 Å². The van der Waals surface area contributed by atoms with E-state index in [1.165, 1.54) is 0 Å². The molecule has 1 rings (SSSR count). The summed E-state index contributed by atoms with van der Waals surface area (Å²) in [4.78, 5) is 12.0. The average molecular weight is 348 g/mol. The summed E-state index contributed by atoms with van der Waals surface area (Å²) in [7, 11) is 0. The highest BCUT2D eigenvalue weighted by molar-refractivity contribution is 9.10. The summed E-state index contributed by atoms with van der Waals surface area (Å²) >= 11 is 9.43. The third-order valence-corrected chi connectivity index (χ3v) is 4.45. The van der Waals surface area contributed by atoms with Crippen LogP contribution in [-0.2, 0) is 4.79 Å². The lowest BCUT2D eigenvalue weighted by Crippen LogP contribution is -2.42. The highest BCUT2D eigenvalue weighted by Gasteiger charge is 2.16. The minimum atomic E-state index is -0.310. The number of hydrogen-bond donors (Lipinski definition) is 2. The predicted octanol–water partition coefficient (Wildman–Crippen LogP) is 4.21. The third kappa shape index (κ3) is 4.69. The molecule has 0 heterocycles. The Labute approximate surface area is 128 Å². The maximum Gasteiger partial charge on any atom is 0.242 e. The highest BCUT2D eigenvalue weighted by Crippen LogP contribution is 2.30. The van der Waals surface area contributed by atoms with Crippen LogP contribution in [0.4, 0.5) is 5.69 Å². The van der Waals surface area contributed by atoms with E-state index in [1.54, 1.807) is 6.07 Å². The summed E-state index contributed by atoms with van der Waals surface area (Å²) in [5.74, 6) is 0.000533. The van der Waals surface area contributed by atoms with Gasteiger partial charge in [0.2, 0.25) is 5.91 Å². The summed E-state index contributed by atoms with van der Waals surface area (Å²) in [5, 5.41) is 6.80. The van der Waals surface area contributed by atoms with Crippen LogP contribution >= 0.6 is 27.5 Å². The molecule has 1 aromatic rings. The van der Waals surface area contributed by atoms with Gasteiger partial charge in [-0.1, -0.05) is 31.5 Å². The summed E-state index contributed by atoms with van der Waals surface area (Å²) in [6, 6.07) is 5.46. The fraction of sp³-hybridized carbons (Fsp3) is 0.500. The Morgan fingerprint density at radius 2 is 2.00 bits per heavy atom. The van der Waals surface area contributed by atoms with Crippen molar-refractivity contribution < 1.29 is 4.79 Å². The first-order valence-electron chi connectivity index (χ1n) is 6.50. The van der Waals surface area contributed by atoms with Crippen LogP contribution in [0.1, 0.15) is 33.6 Å². The number of carbonyl (C=O) groups excluding carboxylic acids is 1. The van der Waals surface area contributed by atoms with Crippen molar-refractivity contribution in [3.8, 4) is 0 Å². The maximum absolute atomic E-state index is 12.0. The van der Waals surface area contributed by atoms with Crippen molar-refractivity contribution in [1.82, 2.24) is 5.32 Å². The largest absolute Gasteiger partial charge is 0.373 e. The lowest BCUT2D eigenvalue weighted by Gasteiger charge is -2.20. The lowest BCUT2D eigenvalue weighted by molar-refractivity contribution is -0.122. The maximum atomic E-state index is 12.0. The molecule has 1 amide bonds. The summed E-state index contributed by atoms with van der Waals surface area (Å²) < 4.78 is 0.777. The molecular weight excluding hydrogens is 328 g/mol. The van der Waals surface area contributed by atoms with E-state index in [4.69, 9.17) is 11.6 Å². The Hall–Kier alpha value is -0.740. The number of carbonyl (C=O) groups is 1. The van der Waals surface area contributed by atoms with Gasteiger partial charge >= 0.3 is 0 Å². The van der Waals surface area contributed by atoms with Gasteiger partial charge in [0.1, 0.15) is 6.04 Å². The monoisotopic (exact) mass is 346 g/mol. The molecule has 106 valence electrons. The third-order valence-electron chi connectivity index (χ3n) is 3.05. The van der Waals surface area contributed by atoms with Gasteiger partial charge in [0.05, 0.1) is 15.2 Å². The minimum Gasteiger partial charge on any atom is -0.373 e. The average Bonchev–Trinajstić information content (AvgIpc) is 2.40. The number of nitrogens with one attached hydrogen (secondary N) is 2. The standard InChI is InChI=1S/C14H20BrClN2O/c1-4-10(5-2)18-14(19)9(3)17-12-8-6-7-11(16)13(12)15/h6-10,17H,4-5H2,1-3H3,(H,18,19). The molecule has 1 atom stereocenters. The lowest BCUT2D eigenvalue weighted by atomic mass is 10.1. The first kappa shape index (κ1) is 16.3. The second-order valence-corrected chi connectivity index (χ2v) is 5.69. The number of hydrogen-bond acceptors (Lipinski definition) is 2. The quantitative estimate of drug-likeness (QED) is 0.809. The van der Waals surface area contributed by atoms with Crippen molar-refractivity contribution in [3.05, 3.63) is 27.7 Å². The van der Waals surface area contributed by atoms with Crippen LogP contribution in [0.15, 0.2) is 22.7 Å². The second kappa shape index (κ2) is 7.75. The van der Waals surface area contributed by atoms with Crippen molar-refractivity contribution in [1.29, 1.82) is 0 Å². The number of amides is 1. The Bertz CT molecular complexity index is 435. The van der Waals surface area contributed by atoms with E-state index in [-0.39, 0.29) is 18.0 Å². The van der Waals surface area contributed by atoms with Gasteiger partial charge in [-0.2, -0.15) is 0 Å². The summed E-state index contributed by atoms with van der Waals surface area (Å²) in [6.07, 6.45) is 1.88. The van der Waals surface area contributed by atoms with Crippen molar-refractivity contribution in [2.24, 2.45) is 0 Å².